The molecule has 1 aliphatic heterocycles. The molecule has 3 atom stereocenters. The maximum atomic E-state index is 12.9. The highest BCUT2D eigenvalue weighted by Crippen LogP contribution is 2.33. The number of thioether (sulfide) groups is 1. The lowest BCUT2D eigenvalue weighted by Gasteiger charge is -2.40. The van der Waals surface area contributed by atoms with E-state index in [4.69, 9.17) is 0 Å². The van der Waals surface area contributed by atoms with Crippen LogP contribution >= 0.6 is 23.1 Å². The number of alkyl halides is 3. The summed E-state index contributed by atoms with van der Waals surface area (Å²) in [5, 5.41) is 11.4. The van der Waals surface area contributed by atoms with Crippen LogP contribution in [0, 0.1) is 0 Å². The van der Waals surface area contributed by atoms with Crippen molar-refractivity contribution in [3.8, 4) is 5.75 Å². The fourth-order valence-corrected chi connectivity index (χ4v) is 5.41. The van der Waals surface area contributed by atoms with Gasteiger partial charge in [0.1, 0.15) is 5.75 Å². The molecule has 1 aromatic carbocycles. The number of halogens is 3. The Balaban J connectivity index is 1.57. The molecular formula is C19H23F3N4O2S2. The first-order valence-electron chi connectivity index (χ1n) is 9.57. The molecule has 0 unspecified atom stereocenters. The molecule has 0 spiro atoms. The van der Waals surface area contributed by atoms with Gasteiger partial charge >= 0.3 is 6.36 Å². The Morgan fingerprint density at radius 2 is 1.87 bits per heavy atom. The van der Waals surface area contributed by atoms with Crippen molar-refractivity contribution in [2.24, 2.45) is 0 Å². The molecule has 2 heterocycles. The Hall–Kier alpha value is -2.01. The monoisotopic (exact) mass is 460 g/mol. The zero-order valence-corrected chi connectivity index (χ0v) is 18.4. The van der Waals surface area contributed by atoms with E-state index in [9.17, 15) is 18.0 Å². The summed E-state index contributed by atoms with van der Waals surface area (Å²) >= 11 is 2.64. The number of anilines is 2. The van der Waals surface area contributed by atoms with Crippen LogP contribution in [0.15, 0.2) is 28.6 Å². The van der Waals surface area contributed by atoms with Gasteiger partial charge in [-0.25, -0.2) is 0 Å². The molecule has 1 amide bonds. The largest absolute Gasteiger partial charge is 0.573 e. The van der Waals surface area contributed by atoms with Crippen molar-refractivity contribution in [2.75, 3.05) is 5.32 Å². The summed E-state index contributed by atoms with van der Waals surface area (Å²) in [6, 6.07) is 5.82. The van der Waals surface area contributed by atoms with Gasteiger partial charge in [-0.1, -0.05) is 23.1 Å². The number of ether oxygens (including phenoxy) is 1. The lowest BCUT2D eigenvalue weighted by molar-refractivity contribution is -0.274. The van der Waals surface area contributed by atoms with Crippen LogP contribution in [0.4, 0.5) is 24.0 Å². The van der Waals surface area contributed by atoms with Gasteiger partial charge in [0.05, 0.1) is 5.25 Å². The van der Waals surface area contributed by atoms with Crippen LogP contribution in [0.5, 0.6) is 5.75 Å². The minimum absolute atomic E-state index is 0.102. The number of carbonyl (C=O) groups excluding carboxylic acids is 1. The van der Waals surface area contributed by atoms with Crippen molar-refractivity contribution in [1.29, 1.82) is 0 Å². The van der Waals surface area contributed by atoms with Crippen LogP contribution < -0.4 is 10.1 Å². The van der Waals surface area contributed by atoms with Crippen LogP contribution in [-0.2, 0) is 4.79 Å². The third-order valence-electron chi connectivity index (χ3n) is 4.82. The van der Waals surface area contributed by atoms with Gasteiger partial charge in [0.25, 0.3) is 0 Å². The Bertz CT molecular complexity index is 850. The van der Waals surface area contributed by atoms with Crippen molar-refractivity contribution >= 4 is 39.8 Å². The van der Waals surface area contributed by atoms with Gasteiger partial charge in [0.2, 0.25) is 11.0 Å². The summed E-state index contributed by atoms with van der Waals surface area (Å²) in [6.07, 6.45) is -1.54. The average molecular weight is 461 g/mol. The first-order chi connectivity index (χ1) is 14.1. The molecule has 0 bridgehead atoms. The van der Waals surface area contributed by atoms with Gasteiger partial charge in [-0.3, -0.25) is 4.79 Å². The highest BCUT2D eigenvalue weighted by atomic mass is 32.2. The number of amides is 1. The maximum absolute atomic E-state index is 12.9. The quantitative estimate of drug-likeness (QED) is 0.578. The van der Waals surface area contributed by atoms with Gasteiger partial charge < -0.3 is 15.0 Å². The van der Waals surface area contributed by atoms with Crippen molar-refractivity contribution < 1.29 is 22.7 Å². The Morgan fingerprint density at radius 3 is 2.47 bits per heavy atom. The third kappa shape index (κ3) is 6.00. The third-order valence-corrected chi connectivity index (χ3v) is 6.83. The number of nitrogens with zero attached hydrogens (tertiary/aromatic N) is 3. The molecule has 1 fully saturated rings. The van der Waals surface area contributed by atoms with Gasteiger partial charge in [-0.05, 0) is 64.3 Å². The molecule has 0 aliphatic carbocycles. The molecule has 6 nitrogen and oxygen atoms in total. The summed E-state index contributed by atoms with van der Waals surface area (Å²) in [6.45, 7) is 6.04. The van der Waals surface area contributed by atoms with E-state index in [1.807, 2.05) is 11.8 Å². The first kappa shape index (κ1) is 22.7. The predicted molar refractivity (Wildman–Crippen MR) is 111 cm³/mol. The van der Waals surface area contributed by atoms with Crippen LogP contribution in [0.3, 0.4) is 0 Å². The van der Waals surface area contributed by atoms with Gasteiger partial charge in [-0.15, -0.1) is 23.4 Å². The summed E-state index contributed by atoms with van der Waals surface area (Å²) in [5.74, 6) is -0.195. The van der Waals surface area contributed by atoms with Crippen LogP contribution in [0.2, 0.25) is 0 Å². The number of nitrogens with one attached hydrogen (secondary N) is 1. The zero-order chi connectivity index (χ0) is 21.9. The summed E-state index contributed by atoms with van der Waals surface area (Å²) in [5.41, 5.74) is 0.553. The first-order valence-corrected chi connectivity index (χ1v) is 11.3. The van der Waals surface area contributed by atoms with Crippen molar-refractivity contribution in [3.63, 3.8) is 0 Å². The zero-order valence-electron chi connectivity index (χ0n) is 16.8. The summed E-state index contributed by atoms with van der Waals surface area (Å²) < 4.78 is 41.2. The van der Waals surface area contributed by atoms with Crippen LogP contribution in [-0.4, -0.2) is 44.7 Å². The van der Waals surface area contributed by atoms with Crippen molar-refractivity contribution in [1.82, 2.24) is 15.1 Å². The fraction of sp³-hybridized carbons (Fsp3) is 0.526. The van der Waals surface area contributed by atoms with E-state index in [0.717, 1.165) is 19.3 Å². The lowest BCUT2D eigenvalue weighted by Crippen LogP contribution is -2.50. The molecule has 30 heavy (non-hydrogen) atoms. The molecule has 164 valence electrons. The molecule has 0 saturated carbocycles. The van der Waals surface area contributed by atoms with E-state index in [-0.39, 0.29) is 29.0 Å². The van der Waals surface area contributed by atoms with Gasteiger partial charge in [-0.2, -0.15) is 0 Å². The normalized spacial score (nSPS) is 20.7. The molecular weight excluding hydrogens is 437 g/mol. The Kier molecular flexibility index (Phi) is 7.12. The minimum Gasteiger partial charge on any atom is -0.406 e. The van der Waals surface area contributed by atoms with Gasteiger partial charge in [0, 0.05) is 17.8 Å². The SMILES string of the molecule is C[C@@H]1CCC[C@H](C)N1C(=O)[C@@H](C)Sc1nnc(Nc2ccc(OC(F)(F)F)cc2)s1. The minimum atomic E-state index is -4.72. The highest BCUT2D eigenvalue weighted by molar-refractivity contribution is 8.02. The number of carbonyl (C=O) groups is 1. The Morgan fingerprint density at radius 1 is 1.23 bits per heavy atom. The number of likely N-dealkylation sites (tertiary alicyclic amines) is 1. The maximum Gasteiger partial charge on any atom is 0.573 e. The van der Waals surface area contributed by atoms with Crippen molar-refractivity contribution in [2.45, 2.75) is 68.1 Å². The molecule has 3 rings (SSSR count). The van der Waals surface area contributed by atoms with E-state index in [2.05, 4.69) is 34.1 Å². The van der Waals surface area contributed by atoms with E-state index < -0.39 is 6.36 Å². The second kappa shape index (κ2) is 9.42. The second-order valence-electron chi connectivity index (χ2n) is 7.20. The summed E-state index contributed by atoms with van der Waals surface area (Å²) in [7, 11) is 0. The van der Waals surface area contributed by atoms with Gasteiger partial charge in [0.15, 0.2) is 4.34 Å². The molecule has 1 aromatic heterocycles. The number of benzene rings is 1. The number of aromatic nitrogens is 2. The standard InChI is InChI=1S/C19H23F3N4O2S2/c1-11-5-4-6-12(2)26(11)16(27)13(3)29-18-25-24-17(30-18)23-14-7-9-15(10-8-14)28-19(20,21)22/h7-13H,4-6H2,1-3H3,(H,23,24)/t11-,12+,13-/m1/s1. The smallest absolute Gasteiger partial charge is 0.406 e. The lowest BCUT2D eigenvalue weighted by atomic mass is 9.97. The van der Waals surface area contributed by atoms with Crippen molar-refractivity contribution in [3.05, 3.63) is 24.3 Å². The molecule has 1 N–H and O–H groups in total. The molecule has 0 radical (unpaired) electrons. The highest BCUT2D eigenvalue weighted by Gasteiger charge is 2.33. The van der Waals surface area contributed by atoms with E-state index in [1.54, 1.807) is 0 Å². The Labute approximate surface area is 181 Å². The molecule has 2 aromatic rings. The van der Waals surface area contributed by atoms with E-state index in [1.165, 1.54) is 47.4 Å². The number of hydrogen-bond donors (Lipinski definition) is 1. The van der Waals surface area contributed by atoms with Crippen LogP contribution in [0.25, 0.3) is 0 Å². The van der Waals surface area contributed by atoms with E-state index >= 15 is 0 Å². The second-order valence-corrected chi connectivity index (χ2v) is 9.77. The molecule has 1 saturated heterocycles. The molecule has 1 aliphatic rings. The molecule has 11 heteroatoms. The topological polar surface area (TPSA) is 67.4 Å². The van der Waals surface area contributed by atoms with Crippen LogP contribution in [0.1, 0.15) is 40.0 Å². The number of hydrogen-bond acceptors (Lipinski definition) is 7. The van der Waals surface area contributed by atoms with E-state index in [0.29, 0.717) is 15.2 Å². The average Bonchev–Trinajstić information content (AvgIpc) is 3.08. The number of rotatable bonds is 6. The predicted octanol–water partition coefficient (Wildman–Crippen LogP) is 5.45. The fourth-order valence-electron chi connectivity index (χ4n) is 3.44. The summed E-state index contributed by atoms with van der Waals surface area (Å²) in [4.78, 5) is 14.9. The number of piperidine rings is 1.